The van der Waals surface area contributed by atoms with E-state index >= 15 is 0 Å². The maximum Gasteiger partial charge on any atom is 0.294 e. The third-order valence-corrected chi connectivity index (χ3v) is 7.19. The van der Waals surface area contributed by atoms with Crippen LogP contribution in [0.25, 0.3) is 11.0 Å². The van der Waals surface area contributed by atoms with Crippen molar-refractivity contribution in [2.45, 2.75) is 38.6 Å². The zero-order valence-electron chi connectivity index (χ0n) is 20.6. The average Bonchev–Trinajstić information content (AvgIpc) is 3.33. The van der Waals surface area contributed by atoms with E-state index in [4.69, 9.17) is 4.98 Å². The van der Waals surface area contributed by atoms with Gasteiger partial charge in [-0.2, -0.15) is 0 Å². The van der Waals surface area contributed by atoms with E-state index in [2.05, 4.69) is 5.32 Å². The predicted octanol–water partition coefficient (Wildman–Crippen LogP) is 2.79. The molecule has 8 nitrogen and oxygen atoms in total. The van der Waals surface area contributed by atoms with Crippen LogP contribution >= 0.6 is 0 Å². The van der Waals surface area contributed by atoms with Crippen molar-refractivity contribution in [1.29, 1.82) is 0 Å². The van der Waals surface area contributed by atoms with Crippen molar-refractivity contribution in [2.24, 2.45) is 5.92 Å². The number of hydrogen-bond acceptors (Lipinski definition) is 5. The van der Waals surface area contributed by atoms with Crippen LogP contribution in [-0.2, 0) is 16.1 Å². The maximum atomic E-state index is 13.7. The van der Waals surface area contributed by atoms with Gasteiger partial charge in [0.2, 0.25) is 11.8 Å². The highest BCUT2D eigenvalue weighted by atomic mass is 16.2. The number of piperidine rings is 1. The lowest BCUT2D eigenvalue weighted by molar-refractivity contribution is -0.127. The lowest BCUT2D eigenvalue weighted by Crippen LogP contribution is -2.46. The van der Waals surface area contributed by atoms with Gasteiger partial charge in [-0.25, -0.2) is 4.98 Å². The Morgan fingerprint density at radius 1 is 1.00 bits per heavy atom. The van der Waals surface area contributed by atoms with Crippen molar-refractivity contribution in [2.75, 3.05) is 37.6 Å². The van der Waals surface area contributed by atoms with Crippen molar-refractivity contribution in [3.8, 4) is 0 Å². The van der Waals surface area contributed by atoms with Gasteiger partial charge < -0.3 is 15.1 Å². The van der Waals surface area contributed by atoms with Crippen LogP contribution in [0, 0.1) is 5.92 Å². The number of nitrogens with one attached hydrogen (secondary N) is 1. The molecule has 1 aromatic heterocycles. The number of nitrogens with zero attached hydrogens (tertiary/aromatic N) is 4. The van der Waals surface area contributed by atoms with Crippen LogP contribution in [0.5, 0.6) is 0 Å². The summed E-state index contributed by atoms with van der Waals surface area (Å²) in [5, 5.41) is 3.04. The highest BCUT2D eigenvalue weighted by molar-refractivity contribution is 5.80. The van der Waals surface area contributed by atoms with Gasteiger partial charge in [0.25, 0.3) is 5.56 Å². The summed E-state index contributed by atoms with van der Waals surface area (Å²) in [4.78, 5) is 46.9. The Kier molecular flexibility index (Phi) is 7.30. The lowest BCUT2D eigenvalue weighted by atomic mass is 9.97. The molecule has 0 spiro atoms. The first kappa shape index (κ1) is 24.0. The molecule has 2 fully saturated rings. The first-order chi connectivity index (χ1) is 17.6. The number of likely N-dealkylation sites (tertiary alicyclic amines) is 1. The number of fused-ring (bicyclic) bond motifs is 1. The van der Waals surface area contributed by atoms with Gasteiger partial charge in [-0.15, -0.1) is 0 Å². The summed E-state index contributed by atoms with van der Waals surface area (Å²) in [6.07, 6.45) is 3.94. The number of anilines is 1. The molecule has 0 aliphatic carbocycles. The Hall–Kier alpha value is -3.68. The van der Waals surface area contributed by atoms with E-state index in [0.29, 0.717) is 45.0 Å². The molecule has 1 N–H and O–H groups in total. The number of hydrogen-bond donors (Lipinski definition) is 1. The summed E-state index contributed by atoms with van der Waals surface area (Å²) in [6, 6.07) is 17.7. The van der Waals surface area contributed by atoms with Crippen LogP contribution in [0.2, 0.25) is 0 Å². The SMILES string of the molecule is O=C(NCCCN1CCCC1=O)[C@H]1CCCN(c2nc3ccccc3n(Cc3ccccc3)c2=O)C1. The summed E-state index contributed by atoms with van der Waals surface area (Å²) in [7, 11) is 0. The molecule has 0 unspecified atom stereocenters. The first-order valence-electron chi connectivity index (χ1n) is 12.9. The topological polar surface area (TPSA) is 87.5 Å². The summed E-state index contributed by atoms with van der Waals surface area (Å²) < 4.78 is 1.79. The second-order valence-corrected chi connectivity index (χ2v) is 9.72. The van der Waals surface area contributed by atoms with Crippen LogP contribution in [0.1, 0.15) is 37.7 Å². The highest BCUT2D eigenvalue weighted by Crippen LogP contribution is 2.22. The molecule has 8 heteroatoms. The zero-order chi connectivity index (χ0) is 24.9. The van der Waals surface area contributed by atoms with Gasteiger partial charge in [0, 0.05) is 39.1 Å². The van der Waals surface area contributed by atoms with Crippen molar-refractivity contribution in [1.82, 2.24) is 19.8 Å². The molecule has 2 aromatic carbocycles. The number of benzene rings is 2. The van der Waals surface area contributed by atoms with Gasteiger partial charge in [-0.3, -0.25) is 19.0 Å². The molecule has 2 saturated heterocycles. The molecule has 0 radical (unpaired) electrons. The average molecular weight is 488 g/mol. The van der Waals surface area contributed by atoms with Crippen LogP contribution < -0.4 is 15.8 Å². The number of carbonyl (C=O) groups excluding carboxylic acids is 2. The van der Waals surface area contributed by atoms with Crippen LogP contribution in [0.3, 0.4) is 0 Å². The third kappa shape index (κ3) is 5.27. The molecule has 0 saturated carbocycles. The van der Waals surface area contributed by atoms with Crippen LogP contribution in [0.15, 0.2) is 59.4 Å². The van der Waals surface area contributed by atoms with Crippen molar-refractivity contribution in [3.05, 3.63) is 70.5 Å². The lowest BCUT2D eigenvalue weighted by Gasteiger charge is -2.33. The molecule has 3 aromatic rings. The molecule has 3 heterocycles. The Labute approximate surface area is 210 Å². The Balaban J connectivity index is 1.29. The first-order valence-corrected chi connectivity index (χ1v) is 12.9. The summed E-state index contributed by atoms with van der Waals surface area (Å²) >= 11 is 0. The quantitative estimate of drug-likeness (QED) is 0.494. The van der Waals surface area contributed by atoms with Gasteiger partial charge in [-0.05, 0) is 43.4 Å². The minimum atomic E-state index is -0.192. The number of amides is 2. The van der Waals surface area contributed by atoms with E-state index < -0.39 is 0 Å². The molecule has 2 aliphatic heterocycles. The summed E-state index contributed by atoms with van der Waals surface area (Å²) in [5.74, 6) is 0.444. The van der Waals surface area contributed by atoms with Crippen molar-refractivity contribution in [3.63, 3.8) is 0 Å². The highest BCUT2D eigenvalue weighted by Gasteiger charge is 2.28. The fourth-order valence-corrected chi connectivity index (χ4v) is 5.26. The number of rotatable bonds is 8. The molecule has 2 amide bonds. The molecule has 1 atom stereocenters. The fraction of sp³-hybridized carbons (Fsp3) is 0.429. The standard InChI is InChI=1S/C28H33N5O3/c34-25-14-7-16-31(25)18-8-15-29-27(35)22-11-6-17-32(20-22)26-28(36)33(19-21-9-2-1-3-10-21)24-13-5-4-12-23(24)30-26/h1-5,9-10,12-13,22H,6-8,11,14-20H2,(H,29,35)/t22-/m0/s1. The van der Waals surface area contributed by atoms with Gasteiger partial charge in [0.1, 0.15) is 0 Å². The monoisotopic (exact) mass is 487 g/mol. The molecule has 188 valence electrons. The molecular formula is C28H33N5O3. The van der Waals surface area contributed by atoms with Gasteiger partial charge >= 0.3 is 0 Å². The predicted molar refractivity (Wildman–Crippen MR) is 140 cm³/mol. The van der Waals surface area contributed by atoms with Crippen molar-refractivity contribution >= 4 is 28.7 Å². The second kappa shape index (κ2) is 10.9. The molecule has 2 aliphatic rings. The smallest absolute Gasteiger partial charge is 0.294 e. The Morgan fingerprint density at radius 3 is 2.61 bits per heavy atom. The van der Waals surface area contributed by atoms with E-state index in [1.807, 2.05) is 64.4 Å². The maximum absolute atomic E-state index is 13.7. The Morgan fingerprint density at radius 2 is 1.81 bits per heavy atom. The molecule has 0 bridgehead atoms. The Bertz CT molecular complexity index is 1290. The van der Waals surface area contributed by atoms with Gasteiger partial charge in [0.15, 0.2) is 5.82 Å². The summed E-state index contributed by atoms with van der Waals surface area (Å²) in [5.41, 5.74) is 2.49. The van der Waals surface area contributed by atoms with Gasteiger partial charge in [0.05, 0.1) is 23.5 Å². The van der Waals surface area contributed by atoms with E-state index in [9.17, 15) is 14.4 Å². The third-order valence-electron chi connectivity index (χ3n) is 7.19. The largest absolute Gasteiger partial charge is 0.356 e. The number of aromatic nitrogens is 2. The second-order valence-electron chi connectivity index (χ2n) is 9.72. The number of carbonyl (C=O) groups is 2. The normalized spacial score (nSPS) is 18.1. The van der Waals surface area contributed by atoms with Crippen LogP contribution in [-0.4, -0.2) is 59.0 Å². The van der Waals surface area contributed by atoms with Gasteiger partial charge in [-0.1, -0.05) is 42.5 Å². The molecule has 36 heavy (non-hydrogen) atoms. The number of para-hydroxylation sites is 2. The van der Waals surface area contributed by atoms with Crippen molar-refractivity contribution < 1.29 is 9.59 Å². The molecule has 5 rings (SSSR count). The van der Waals surface area contributed by atoms with E-state index in [1.165, 1.54) is 0 Å². The minimum absolute atomic E-state index is 0.0119. The van der Waals surface area contributed by atoms with E-state index in [1.54, 1.807) is 4.57 Å². The fourth-order valence-electron chi connectivity index (χ4n) is 5.26. The van der Waals surface area contributed by atoms with E-state index in [-0.39, 0.29) is 23.3 Å². The minimum Gasteiger partial charge on any atom is -0.356 e. The van der Waals surface area contributed by atoms with E-state index in [0.717, 1.165) is 48.8 Å². The zero-order valence-corrected chi connectivity index (χ0v) is 20.6. The molecular weight excluding hydrogens is 454 g/mol. The van der Waals surface area contributed by atoms with Crippen LogP contribution in [0.4, 0.5) is 5.82 Å². The summed E-state index contributed by atoms with van der Waals surface area (Å²) in [6.45, 7) is 3.71.